The molecule has 0 bridgehead atoms. The van der Waals surface area contributed by atoms with E-state index in [4.69, 9.17) is 4.42 Å². The molecule has 6 heteroatoms. The number of nitrogens with one attached hydrogen (secondary N) is 1. The summed E-state index contributed by atoms with van der Waals surface area (Å²) in [5.41, 5.74) is 1.19. The van der Waals surface area contributed by atoms with Crippen molar-refractivity contribution in [2.45, 2.75) is 32.9 Å². The van der Waals surface area contributed by atoms with E-state index in [1.54, 1.807) is 17.2 Å². The average Bonchev–Trinajstić information content (AvgIpc) is 3.36. The van der Waals surface area contributed by atoms with E-state index in [9.17, 15) is 9.59 Å². The molecule has 1 aliphatic rings. The Balaban J connectivity index is 1.59. The standard InChI is InChI=1S/C22H29N3O3/c1-3-24(4-2)20(17-9-6-5-7-10-17)14-23-22(27)18-13-21(26)25(15-18)16-19-11-8-12-28-19/h5-12,18,20H,3-4,13-16H2,1-2H3,(H,23,27). The number of carbonyl (C=O) groups is 2. The summed E-state index contributed by atoms with van der Waals surface area (Å²) in [6, 6.07) is 14.0. The minimum atomic E-state index is -0.310. The molecule has 0 aliphatic carbocycles. The van der Waals surface area contributed by atoms with Crippen LogP contribution in [0.2, 0.25) is 0 Å². The number of likely N-dealkylation sites (N-methyl/N-ethyl adjacent to an activating group) is 1. The van der Waals surface area contributed by atoms with Crippen LogP contribution in [-0.4, -0.2) is 47.8 Å². The van der Waals surface area contributed by atoms with Crippen LogP contribution in [0, 0.1) is 5.92 Å². The number of nitrogens with zero attached hydrogens (tertiary/aromatic N) is 2. The molecule has 3 rings (SSSR count). The van der Waals surface area contributed by atoms with Crippen LogP contribution in [0.3, 0.4) is 0 Å². The summed E-state index contributed by atoms with van der Waals surface area (Å²) < 4.78 is 5.32. The van der Waals surface area contributed by atoms with Crippen LogP contribution in [-0.2, 0) is 16.1 Å². The van der Waals surface area contributed by atoms with Crippen LogP contribution in [0.4, 0.5) is 0 Å². The zero-order valence-electron chi connectivity index (χ0n) is 16.6. The van der Waals surface area contributed by atoms with Crippen molar-refractivity contribution in [3.8, 4) is 0 Å². The predicted octanol–water partition coefficient (Wildman–Crippen LogP) is 2.83. The molecular formula is C22H29N3O3. The lowest BCUT2D eigenvalue weighted by Gasteiger charge is -2.30. The molecule has 0 radical (unpaired) electrons. The van der Waals surface area contributed by atoms with E-state index < -0.39 is 0 Å². The highest BCUT2D eigenvalue weighted by molar-refractivity contribution is 5.89. The third-order valence-corrected chi connectivity index (χ3v) is 5.42. The van der Waals surface area contributed by atoms with Crippen molar-refractivity contribution in [3.63, 3.8) is 0 Å². The number of hydrogen-bond acceptors (Lipinski definition) is 4. The second-order valence-electron chi connectivity index (χ2n) is 7.15. The van der Waals surface area contributed by atoms with Gasteiger partial charge in [0.05, 0.1) is 24.8 Å². The Bertz CT molecular complexity index is 757. The van der Waals surface area contributed by atoms with Gasteiger partial charge in [0.2, 0.25) is 11.8 Å². The monoisotopic (exact) mass is 383 g/mol. The Kier molecular flexibility index (Phi) is 6.87. The second kappa shape index (κ2) is 9.55. The quantitative estimate of drug-likeness (QED) is 0.723. The predicted molar refractivity (Wildman–Crippen MR) is 107 cm³/mol. The zero-order chi connectivity index (χ0) is 19.9. The smallest absolute Gasteiger partial charge is 0.225 e. The molecule has 1 saturated heterocycles. The van der Waals surface area contributed by atoms with Crippen molar-refractivity contribution < 1.29 is 14.0 Å². The van der Waals surface area contributed by atoms with E-state index in [1.165, 1.54) is 5.56 Å². The number of rotatable bonds is 9. The maximum absolute atomic E-state index is 12.7. The molecule has 2 aromatic rings. The van der Waals surface area contributed by atoms with Gasteiger partial charge >= 0.3 is 0 Å². The molecule has 150 valence electrons. The molecule has 2 atom stereocenters. The molecule has 0 saturated carbocycles. The fraction of sp³-hybridized carbons (Fsp3) is 0.455. The highest BCUT2D eigenvalue weighted by Crippen LogP contribution is 2.22. The maximum Gasteiger partial charge on any atom is 0.225 e. The molecule has 28 heavy (non-hydrogen) atoms. The van der Waals surface area contributed by atoms with E-state index >= 15 is 0 Å². The third kappa shape index (κ3) is 4.81. The fourth-order valence-corrected chi connectivity index (χ4v) is 3.83. The lowest BCUT2D eigenvalue weighted by Crippen LogP contribution is -2.40. The third-order valence-electron chi connectivity index (χ3n) is 5.42. The Labute approximate surface area is 166 Å². The molecule has 2 heterocycles. The maximum atomic E-state index is 12.7. The summed E-state index contributed by atoms with van der Waals surface area (Å²) in [5.74, 6) is 0.374. The molecule has 0 spiro atoms. The fourth-order valence-electron chi connectivity index (χ4n) is 3.83. The first-order valence-corrected chi connectivity index (χ1v) is 9.99. The van der Waals surface area contributed by atoms with E-state index in [0.29, 0.717) is 19.6 Å². The van der Waals surface area contributed by atoms with Gasteiger partial charge in [0, 0.05) is 19.5 Å². The Morgan fingerprint density at radius 3 is 2.61 bits per heavy atom. The van der Waals surface area contributed by atoms with Gasteiger partial charge in [-0.25, -0.2) is 0 Å². The van der Waals surface area contributed by atoms with E-state index in [0.717, 1.165) is 18.8 Å². The van der Waals surface area contributed by atoms with Crippen LogP contribution in [0.5, 0.6) is 0 Å². The Morgan fingerprint density at radius 1 is 1.21 bits per heavy atom. The van der Waals surface area contributed by atoms with Gasteiger partial charge in [-0.3, -0.25) is 14.5 Å². The van der Waals surface area contributed by atoms with Crippen LogP contribution >= 0.6 is 0 Å². The second-order valence-corrected chi connectivity index (χ2v) is 7.15. The van der Waals surface area contributed by atoms with Gasteiger partial charge in [-0.1, -0.05) is 44.2 Å². The van der Waals surface area contributed by atoms with Gasteiger partial charge in [0.25, 0.3) is 0 Å². The summed E-state index contributed by atoms with van der Waals surface area (Å²) in [5, 5.41) is 3.09. The van der Waals surface area contributed by atoms with E-state index in [2.05, 4.69) is 36.2 Å². The van der Waals surface area contributed by atoms with Crippen LogP contribution < -0.4 is 5.32 Å². The number of likely N-dealkylation sites (tertiary alicyclic amines) is 1. The normalized spacial score (nSPS) is 17.9. The van der Waals surface area contributed by atoms with Crippen molar-refractivity contribution in [2.24, 2.45) is 5.92 Å². The minimum absolute atomic E-state index is 0.0000905. The number of amides is 2. The molecule has 2 unspecified atom stereocenters. The first kappa shape index (κ1) is 20.1. The zero-order valence-corrected chi connectivity index (χ0v) is 16.6. The minimum Gasteiger partial charge on any atom is -0.467 e. The van der Waals surface area contributed by atoms with Crippen LogP contribution in [0.15, 0.2) is 53.1 Å². The van der Waals surface area contributed by atoms with Gasteiger partial charge in [-0.2, -0.15) is 0 Å². The largest absolute Gasteiger partial charge is 0.467 e. The summed E-state index contributed by atoms with van der Waals surface area (Å²) in [7, 11) is 0. The lowest BCUT2D eigenvalue weighted by atomic mass is 10.0. The number of benzene rings is 1. The van der Waals surface area contributed by atoms with Gasteiger partial charge < -0.3 is 14.6 Å². The van der Waals surface area contributed by atoms with Crippen LogP contribution in [0.1, 0.15) is 37.6 Å². The SMILES string of the molecule is CCN(CC)C(CNC(=O)C1CC(=O)N(Cc2ccco2)C1)c1ccccc1. The molecule has 1 aromatic heterocycles. The van der Waals surface area contributed by atoms with Crippen LogP contribution in [0.25, 0.3) is 0 Å². The van der Waals surface area contributed by atoms with Crippen molar-refractivity contribution in [1.29, 1.82) is 0 Å². The highest BCUT2D eigenvalue weighted by atomic mass is 16.3. The lowest BCUT2D eigenvalue weighted by molar-refractivity contribution is -0.129. The summed E-state index contributed by atoms with van der Waals surface area (Å²) >= 11 is 0. The topological polar surface area (TPSA) is 65.8 Å². The summed E-state index contributed by atoms with van der Waals surface area (Å²) in [6.45, 7) is 7.46. The van der Waals surface area contributed by atoms with Crippen molar-refractivity contribution in [1.82, 2.24) is 15.1 Å². The molecule has 1 fully saturated rings. The average molecular weight is 383 g/mol. The molecule has 6 nitrogen and oxygen atoms in total. The summed E-state index contributed by atoms with van der Waals surface area (Å²) in [6.07, 6.45) is 1.85. The molecule has 1 N–H and O–H groups in total. The number of carbonyl (C=O) groups excluding carboxylic acids is 2. The first-order valence-electron chi connectivity index (χ1n) is 9.99. The molecule has 1 aliphatic heterocycles. The molecule has 2 amide bonds. The molecule has 1 aromatic carbocycles. The summed E-state index contributed by atoms with van der Waals surface area (Å²) in [4.78, 5) is 29.0. The van der Waals surface area contributed by atoms with Gasteiger partial charge in [0.1, 0.15) is 5.76 Å². The van der Waals surface area contributed by atoms with E-state index in [-0.39, 0.29) is 30.2 Å². The number of hydrogen-bond donors (Lipinski definition) is 1. The van der Waals surface area contributed by atoms with Crippen molar-refractivity contribution >= 4 is 11.8 Å². The van der Waals surface area contributed by atoms with Gasteiger partial charge in [-0.15, -0.1) is 0 Å². The van der Waals surface area contributed by atoms with Crippen molar-refractivity contribution in [2.75, 3.05) is 26.2 Å². The first-order chi connectivity index (χ1) is 13.6. The number of furan rings is 1. The van der Waals surface area contributed by atoms with Crippen molar-refractivity contribution in [3.05, 3.63) is 60.1 Å². The Morgan fingerprint density at radius 2 is 1.96 bits per heavy atom. The van der Waals surface area contributed by atoms with E-state index in [1.807, 2.05) is 24.3 Å². The highest BCUT2D eigenvalue weighted by Gasteiger charge is 2.35. The Hall–Kier alpha value is -2.60. The van der Waals surface area contributed by atoms with Gasteiger partial charge in [-0.05, 0) is 30.8 Å². The molecular weight excluding hydrogens is 354 g/mol. The van der Waals surface area contributed by atoms with Gasteiger partial charge in [0.15, 0.2) is 0 Å².